The van der Waals surface area contributed by atoms with Crippen molar-refractivity contribution < 1.29 is 4.74 Å². The fraction of sp³-hybridized carbons (Fsp3) is 1.00. The second-order valence-electron chi connectivity index (χ2n) is 5.65. The van der Waals surface area contributed by atoms with E-state index in [0.29, 0.717) is 0 Å². The molecule has 1 saturated carbocycles. The van der Waals surface area contributed by atoms with E-state index in [4.69, 9.17) is 10.5 Å². The zero-order valence-electron chi connectivity index (χ0n) is 11.3. The van der Waals surface area contributed by atoms with Crippen LogP contribution in [0.1, 0.15) is 25.7 Å². The molecule has 2 fully saturated rings. The number of nitrogens with two attached hydrogens (primary N) is 1. The normalized spacial score (nSPS) is 25.4. The van der Waals surface area contributed by atoms with Crippen LogP contribution in [0.4, 0.5) is 0 Å². The molecule has 0 aromatic rings. The van der Waals surface area contributed by atoms with Gasteiger partial charge >= 0.3 is 0 Å². The molecule has 0 spiro atoms. The Hall–Kier alpha value is -0.160. The Balaban J connectivity index is 2.02. The number of ether oxygens (including phenoxy) is 1. The molecule has 2 aliphatic rings. The highest BCUT2D eigenvalue weighted by molar-refractivity contribution is 5.01. The Bertz CT molecular complexity index is 235. The summed E-state index contributed by atoms with van der Waals surface area (Å²) in [6.07, 6.45) is 5.11. The fourth-order valence-corrected chi connectivity index (χ4v) is 3.03. The van der Waals surface area contributed by atoms with Crippen LogP contribution >= 0.6 is 0 Å². The number of hydrogen-bond donors (Lipinski definition) is 1. The Kier molecular flexibility index (Phi) is 4.42. The molecule has 1 aliphatic heterocycles. The predicted octanol–water partition coefficient (Wildman–Crippen LogP) is 0.520. The molecule has 1 aliphatic carbocycles. The minimum absolute atomic E-state index is 0.242. The number of nitrogens with zero attached hydrogens (tertiary/aromatic N) is 2. The molecule has 0 radical (unpaired) electrons. The van der Waals surface area contributed by atoms with Crippen LogP contribution < -0.4 is 5.73 Å². The van der Waals surface area contributed by atoms with Crippen LogP contribution in [0.25, 0.3) is 0 Å². The second kappa shape index (κ2) is 5.65. The minimum atomic E-state index is 0.242. The summed E-state index contributed by atoms with van der Waals surface area (Å²) in [5.41, 5.74) is 6.36. The minimum Gasteiger partial charge on any atom is -0.383 e. The molecule has 100 valence electrons. The summed E-state index contributed by atoms with van der Waals surface area (Å²) in [7, 11) is 3.99. The van der Waals surface area contributed by atoms with Gasteiger partial charge in [0, 0.05) is 31.8 Å². The first-order valence-corrected chi connectivity index (χ1v) is 6.86. The Morgan fingerprint density at radius 3 is 2.47 bits per heavy atom. The molecule has 0 amide bonds. The summed E-state index contributed by atoms with van der Waals surface area (Å²) in [6, 6.07) is 0.775. The van der Waals surface area contributed by atoms with Gasteiger partial charge in [-0.05, 0) is 45.8 Å². The third-order valence-corrected chi connectivity index (χ3v) is 4.43. The standard InChI is InChI=1S/C13H27N3O/c1-15-7-5-13(11-14,6-8-15)16(9-10-17-2)12-3-4-12/h12H,3-11,14H2,1-2H3. The van der Waals surface area contributed by atoms with Crippen LogP contribution in [0, 0.1) is 0 Å². The van der Waals surface area contributed by atoms with E-state index in [1.54, 1.807) is 7.11 Å². The van der Waals surface area contributed by atoms with Crippen molar-refractivity contribution in [3.8, 4) is 0 Å². The molecule has 17 heavy (non-hydrogen) atoms. The zero-order valence-corrected chi connectivity index (χ0v) is 11.3. The highest BCUT2D eigenvalue weighted by Crippen LogP contribution is 2.37. The van der Waals surface area contributed by atoms with Crippen molar-refractivity contribution in [2.24, 2.45) is 5.73 Å². The molecule has 1 heterocycles. The number of hydrogen-bond acceptors (Lipinski definition) is 4. The SMILES string of the molecule is COCCN(C1CC1)C1(CN)CCN(C)CC1. The molecule has 1 saturated heterocycles. The van der Waals surface area contributed by atoms with E-state index in [9.17, 15) is 0 Å². The fourth-order valence-electron chi connectivity index (χ4n) is 3.03. The second-order valence-corrected chi connectivity index (χ2v) is 5.65. The van der Waals surface area contributed by atoms with Crippen LogP contribution in [0.2, 0.25) is 0 Å². The molecular formula is C13H27N3O. The van der Waals surface area contributed by atoms with Gasteiger partial charge in [0.25, 0.3) is 0 Å². The lowest BCUT2D eigenvalue weighted by Crippen LogP contribution is -2.60. The average molecular weight is 241 g/mol. The van der Waals surface area contributed by atoms with Crippen molar-refractivity contribution in [3.63, 3.8) is 0 Å². The smallest absolute Gasteiger partial charge is 0.0590 e. The van der Waals surface area contributed by atoms with Crippen LogP contribution in [-0.2, 0) is 4.74 Å². The lowest BCUT2D eigenvalue weighted by Gasteiger charge is -2.48. The average Bonchev–Trinajstić information content (AvgIpc) is 3.17. The summed E-state index contributed by atoms with van der Waals surface area (Å²) in [6.45, 7) is 5.01. The van der Waals surface area contributed by atoms with Crippen LogP contribution in [0.15, 0.2) is 0 Å². The van der Waals surface area contributed by atoms with Gasteiger partial charge in [-0.3, -0.25) is 4.90 Å². The lowest BCUT2D eigenvalue weighted by molar-refractivity contribution is 0.0102. The van der Waals surface area contributed by atoms with E-state index in [2.05, 4.69) is 16.8 Å². The third-order valence-electron chi connectivity index (χ3n) is 4.43. The Labute approximate surface area is 105 Å². The third kappa shape index (κ3) is 2.99. The van der Waals surface area contributed by atoms with Gasteiger partial charge in [0.2, 0.25) is 0 Å². The van der Waals surface area contributed by atoms with E-state index < -0.39 is 0 Å². The molecule has 4 heteroatoms. The van der Waals surface area contributed by atoms with Crippen molar-refractivity contribution in [2.75, 3.05) is 46.9 Å². The van der Waals surface area contributed by atoms with Gasteiger partial charge in [-0.2, -0.15) is 0 Å². The van der Waals surface area contributed by atoms with E-state index in [-0.39, 0.29) is 5.54 Å². The molecule has 4 nitrogen and oxygen atoms in total. The largest absolute Gasteiger partial charge is 0.383 e. The van der Waals surface area contributed by atoms with E-state index in [1.807, 2.05) is 0 Å². The molecule has 2 rings (SSSR count). The summed E-state index contributed by atoms with van der Waals surface area (Å²) in [5, 5.41) is 0. The van der Waals surface area contributed by atoms with Gasteiger partial charge in [0.05, 0.1) is 6.61 Å². The number of rotatable bonds is 6. The molecule has 0 aromatic carbocycles. The van der Waals surface area contributed by atoms with E-state index in [1.165, 1.54) is 38.8 Å². The molecule has 0 atom stereocenters. The highest BCUT2D eigenvalue weighted by Gasteiger charge is 2.44. The first-order valence-electron chi connectivity index (χ1n) is 6.86. The van der Waals surface area contributed by atoms with Gasteiger partial charge in [-0.15, -0.1) is 0 Å². The summed E-state index contributed by atoms with van der Waals surface area (Å²) in [5.74, 6) is 0. The number of piperidine rings is 1. The molecule has 0 aromatic heterocycles. The van der Waals surface area contributed by atoms with Crippen LogP contribution in [-0.4, -0.2) is 68.3 Å². The molecular weight excluding hydrogens is 214 g/mol. The maximum Gasteiger partial charge on any atom is 0.0590 e. The van der Waals surface area contributed by atoms with Crippen LogP contribution in [0.5, 0.6) is 0 Å². The molecule has 0 bridgehead atoms. The van der Waals surface area contributed by atoms with Crippen molar-refractivity contribution in [2.45, 2.75) is 37.3 Å². The molecule has 2 N–H and O–H groups in total. The lowest BCUT2D eigenvalue weighted by atomic mass is 9.85. The van der Waals surface area contributed by atoms with Crippen molar-refractivity contribution in [1.82, 2.24) is 9.80 Å². The maximum absolute atomic E-state index is 6.12. The van der Waals surface area contributed by atoms with Gasteiger partial charge in [-0.1, -0.05) is 0 Å². The monoisotopic (exact) mass is 241 g/mol. The summed E-state index contributed by atoms with van der Waals surface area (Å²) < 4.78 is 5.26. The van der Waals surface area contributed by atoms with Gasteiger partial charge in [0.15, 0.2) is 0 Å². The van der Waals surface area contributed by atoms with Gasteiger partial charge in [-0.25, -0.2) is 0 Å². The zero-order chi connectivity index (χ0) is 12.3. The predicted molar refractivity (Wildman–Crippen MR) is 70.1 cm³/mol. The quantitative estimate of drug-likeness (QED) is 0.736. The van der Waals surface area contributed by atoms with Gasteiger partial charge < -0.3 is 15.4 Å². The van der Waals surface area contributed by atoms with E-state index in [0.717, 1.165) is 25.7 Å². The van der Waals surface area contributed by atoms with Crippen molar-refractivity contribution in [1.29, 1.82) is 0 Å². The Morgan fingerprint density at radius 2 is 2.00 bits per heavy atom. The van der Waals surface area contributed by atoms with Crippen molar-refractivity contribution in [3.05, 3.63) is 0 Å². The van der Waals surface area contributed by atoms with Gasteiger partial charge in [0.1, 0.15) is 0 Å². The topological polar surface area (TPSA) is 41.7 Å². The number of methoxy groups -OCH3 is 1. The first-order chi connectivity index (χ1) is 8.22. The first kappa shape index (κ1) is 13.3. The highest BCUT2D eigenvalue weighted by atomic mass is 16.5. The molecule has 0 unspecified atom stereocenters. The van der Waals surface area contributed by atoms with E-state index >= 15 is 0 Å². The van der Waals surface area contributed by atoms with Crippen molar-refractivity contribution >= 4 is 0 Å². The maximum atomic E-state index is 6.12. The summed E-state index contributed by atoms with van der Waals surface area (Å²) >= 11 is 0. The number of likely N-dealkylation sites (tertiary alicyclic amines) is 1. The van der Waals surface area contributed by atoms with Crippen LogP contribution in [0.3, 0.4) is 0 Å². The Morgan fingerprint density at radius 1 is 1.35 bits per heavy atom. The summed E-state index contributed by atoms with van der Waals surface area (Å²) in [4.78, 5) is 5.07.